The highest BCUT2D eigenvalue weighted by Gasteiger charge is 2.06. The number of benzene rings is 2. The van der Waals surface area contributed by atoms with Crippen molar-refractivity contribution >= 4 is 28.5 Å². The van der Waals surface area contributed by atoms with Crippen molar-refractivity contribution in [3.63, 3.8) is 0 Å². The zero-order chi connectivity index (χ0) is 18.4. The number of carboxylic acids is 2. The van der Waals surface area contributed by atoms with Gasteiger partial charge >= 0.3 is 11.9 Å². The molecule has 1 heterocycles. The number of aromatic carboxylic acids is 2. The highest BCUT2D eigenvalue weighted by Crippen LogP contribution is 2.17. The molecule has 3 rings (SSSR count). The van der Waals surface area contributed by atoms with E-state index < -0.39 is 11.9 Å². The second-order valence-corrected chi connectivity index (χ2v) is 5.36. The average Bonchev–Trinajstić information content (AvgIpc) is 2.61. The third-order valence-corrected chi connectivity index (χ3v) is 3.49. The molecular weight excluding hydrogens is 320 g/mol. The third kappa shape index (κ3) is 4.78. The molecule has 0 fully saturated rings. The minimum absolute atomic E-state index is 0.0186. The molecule has 128 valence electrons. The lowest BCUT2D eigenvalue weighted by molar-refractivity contribution is 0.0696. The highest BCUT2D eigenvalue weighted by atomic mass is 16.4. The van der Waals surface area contributed by atoms with Crippen molar-refractivity contribution in [1.29, 1.82) is 0 Å². The van der Waals surface area contributed by atoms with Gasteiger partial charge in [0.1, 0.15) is 5.82 Å². The van der Waals surface area contributed by atoms with Crippen molar-refractivity contribution in [3.8, 4) is 0 Å². The van der Waals surface area contributed by atoms with Crippen molar-refractivity contribution in [2.75, 3.05) is 12.4 Å². The summed E-state index contributed by atoms with van der Waals surface area (Å²) in [6.45, 7) is 2.09. The molecule has 0 radical (unpaired) electrons. The summed E-state index contributed by atoms with van der Waals surface area (Å²) in [4.78, 5) is 25.0. The molecule has 0 amide bonds. The van der Waals surface area contributed by atoms with Crippen LogP contribution in [0.4, 0.5) is 5.82 Å². The average molecular weight is 338 g/mol. The molecule has 0 aliphatic carbocycles. The van der Waals surface area contributed by atoms with Gasteiger partial charge in [0.15, 0.2) is 0 Å². The standard InChI is InChI=1S/C11H12N2.C8H6O4/c1-8-3-4-9-6-11(12-2)13-7-10(9)5-8;9-7(10)5-2-1-3-6(4-5)8(11)12/h3-7H,1-2H3,(H,12,13);1-4H,(H,9,10)(H,11,12). The van der Waals surface area contributed by atoms with Crippen LogP contribution in [0.5, 0.6) is 0 Å². The zero-order valence-corrected chi connectivity index (χ0v) is 13.9. The molecule has 0 aliphatic heterocycles. The first kappa shape index (κ1) is 17.9. The molecule has 2 aromatic carbocycles. The van der Waals surface area contributed by atoms with E-state index in [-0.39, 0.29) is 11.1 Å². The molecular formula is C19H18N2O4. The highest BCUT2D eigenvalue weighted by molar-refractivity contribution is 5.93. The van der Waals surface area contributed by atoms with E-state index in [0.29, 0.717) is 0 Å². The monoisotopic (exact) mass is 338 g/mol. The number of anilines is 1. The molecule has 0 saturated heterocycles. The molecule has 0 bridgehead atoms. The van der Waals surface area contributed by atoms with E-state index in [1.165, 1.54) is 34.5 Å². The molecule has 6 nitrogen and oxygen atoms in total. The lowest BCUT2D eigenvalue weighted by atomic mass is 10.1. The van der Waals surface area contributed by atoms with E-state index in [0.717, 1.165) is 11.9 Å². The SMILES string of the molecule is CNc1cc2ccc(C)cc2cn1.O=C(O)c1cccc(C(=O)O)c1. The fourth-order valence-electron chi connectivity index (χ4n) is 2.18. The normalized spacial score (nSPS) is 9.84. The van der Waals surface area contributed by atoms with Crippen LogP contribution >= 0.6 is 0 Å². The summed E-state index contributed by atoms with van der Waals surface area (Å²) in [5.74, 6) is -1.34. The topological polar surface area (TPSA) is 99.5 Å². The molecule has 0 aliphatic rings. The minimum Gasteiger partial charge on any atom is -0.478 e. The van der Waals surface area contributed by atoms with Crippen LogP contribution in [-0.4, -0.2) is 34.2 Å². The van der Waals surface area contributed by atoms with Gasteiger partial charge in [-0.1, -0.05) is 23.8 Å². The predicted molar refractivity (Wildman–Crippen MR) is 96.4 cm³/mol. The van der Waals surface area contributed by atoms with Crippen LogP contribution in [0.2, 0.25) is 0 Å². The number of carboxylic acid groups (broad SMARTS) is 2. The van der Waals surface area contributed by atoms with Gasteiger partial charge in [-0.25, -0.2) is 14.6 Å². The fraction of sp³-hybridized carbons (Fsp3) is 0.105. The summed E-state index contributed by atoms with van der Waals surface area (Å²) in [5.41, 5.74) is 1.23. The van der Waals surface area contributed by atoms with Gasteiger partial charge in [0.2, 0.25) is 0 Å². The maximum absolute atomic E-state index is 10.4. The van der Waals surface area contributed by atoms with Gasteiger partial charge in [-0.2, -0.15) is 0 Å². The number of fused-ring (bicyclic) bond motifs is 1. The van der Waals surface area contributed by atoms with Crippen LogP contribution < -0.4 is 5.32 Å². The number of hydrogen-bond donors (Lipinski definition) is 3. The Labute approximate surface area is 144 Å². The number of rotatable bonds is 3. The van der Waals surface area contributed by atoms with E-state index in [9.17, 15) is 9.59 Å². The molecule has 0 spiro atoms. The van der Waals surface area contributed by atoms with Crippen LogP contribution in [0.1, 0.15) is 26.3 Å². The van der Waals surface area contributed by atoms with Crippen LogP contribution in [0.25, 0.3) is 10.8 Å². The first-order valence-corrected chi connectivity index (χ1v) is 7.51. The van der Waals surface area contributed by atoms with Gasteiger partial charge in [0.05, 0.1) is 11.1 Å². The number of aryl methyl sites for hydroxylation is 1. The van der Waals surface area contributed by atoms with Gasteiger partial charge in [-0.3, -0.25) is 0 Å². The minimum atomic E-state index is -1.13. The molecule has 0 saturated carbocycles. The lowest BCUT2D eigenvalue weighted by Gasteiger charge is -2.02. The maximum Gasteiger partial charge on any atom is 0.335 e. The zero-order valence-electron chi connectivity index (χ0n) is 13.9. The van der Waals surface area contributed by atoms with Crippen LogP contribution in [0.3, 0.4) is 0 Å². The lowest BCUT2D eigenvalue weighted by Crippen LogP contribution is -2.01. The summed E-state index contributed by atoms with van der Waals surface area (Å²) >= 11 is 0. The van der Waals surface area contributed by atoms with Crippen LogP contribution in [-0.2, 0) is 0 Å². The van der Waals surface area contributed by atoms with Crippen molar-refractivity contribution in [2.24, 2.45) is 0 Å². The molecule has 0 unspecified atom stereocenters. The number of nitrogens with zero attached hydrogens (tertiary/aromatic N) is 1. The quantitative estimate of drug-likeness (QED) is 0.674. The van der Waals surface area contributed by atoms with E-state index in [1.54, 1.807) is 0 Å². The van der Waals surface area contributed by atoms with Crippen molar-refractivity contribution in [3.05, 3.63) is 71.4 Å². The molecule has 3 aromatic rings. The molecule has 3 N–H and O–H groups in total. The van der Waals surface area contributed by atoms with Gasteiger partial charge in [-0.05, 0) is 42.6 Å². The number of hydrogen-bond acceptors (Lipinski definition) is 4. The van der Waals surface area contributed by atoms with Gasteiger partial charge in [0.25, 0.3) is 0 Å². The second-order valence-electron chi connectivity index (χ2n) is 5.36. The largest absolute Gasteiger partial charge is 0.478 e. The molecule has 25 heavy (non-hydrogen) atoms. The maximum atomic E-state index is 10.4. The van der Waals surface area contributed by atoms with E-state index in [4.69, 9.17) is 10.2 Å². The second kappa shape index (κ2) is 7.92. The predicted octanol–water partition coefficient (Wildman–Crippen LogP) is 3.67. The van der Waals surface area contributed by atoms with E-state index in [2.05, 4.69) is 41.5 Å². The van der Waals surface area contributed by atoms with Gasteiger partial charge in [-0.15, -0.1) is 0 Å². The Morgan fingerprint density at radius 3 is 2.12 bits per heavy atom. The summed E-state index contributed by atoms with van der Waals surface area (Å²) in [6, 6.07) is 13.6. The Bertz CT molecular complexity index is 893. The first-order valence-electron chi connectivity index (χ1n) is 7.51. The summed E-state index contributed by atoms with van der Waals surface area (Å²) in [5, 5.41) is 22.4. The Balaban J connectivity index is 0.000000181. The Morgan fingerprint density at radius 1 is 0.920 bits per heavy atom. The fourth-order valence-corrected chi connectivity index (χ4v) is 2.18. The third-order valence-electron chi connectivity index (χ3n) is 3.49. The van der Waals surface area contributed by atoms with E-state index >= 15 is 0 Å². The van der Waals surface area contributed by atoms with Crippen LogP contribution in [0, 0.1) is 6.92 Å². The molecule has 0 atom stereocenters. The molecule has 1 aromatic heterocycles. The number of aromatic nitrogens is 1. The summed E-state index contributed by atoms with van der Waals surface area (Å²) in [6.07, 6.45) is 1.90. The van der Waals surface area contributed by atoms with Crippen molar-refractivity contribution in [1.82, 2.24) is 4.98 Å². The summed E-state index contributed by atoms with van der Waals surface area (Å²) in [7, 11) is 1.88. The van der Waals surface area contributed by atoms with Crippen LogP contribution in [0.15, 0.2) is 54.7 Å². The smallest absolute Gasteiger partial charge is 0.335 e. The van der Waals surface area contributed by atoms with Gasteiger partial charge in [0, 0.05) is 18.6 Å². The van der Waals surface area contributed by atoms with Crippen molar-refractivity contribution < 1.29 is 19.8 Å². The molecule has 6 heteroatoms. The number of carbonyl (C=O) groups is 2. The Morgan fingerprint density at radius 2 is 1.56 bits per heavy atom. The Hall–Kier alpha value is -3.41. The Kier molecular flexibility index (Phi) is 5.68. The number of pyridine rings is 1. The van der Waals surface area contributed by atoms with Gasteiger partial charge < -0.3 is 15.5 Å². The number of nitrogens with one attached hydrogen (secondary N) is 1. The summed E-state index contributed by atoms with van der Waals surface area (Å²) < 4.78 is 0. The van der Waals surface area contributed by atoms with Crippen molar-refractivity contribution in [2.45, 2.75) is 6.92 Å². The van der Waals surface area contributed by atoms with E-state index in [1.807, 2.05) is 13.2 Å². The first-order chi connectivity index (χ1) is 11.9.